The van der Waals surface area contributed by atoms with Crippen molar-refractivity contribution in [1.82, 2.24) is 0 Å². The van der Waals surface area contributed by atoms with Gasteiger partial charge in [-0.15, -0.1) is 0 Å². The zero-order chi connectivity index (χ0) is 12.9. The van der Waals surface area contributed by atoms with Crippen LogP contribution >= 0.6 is 0 Å². The van der Waals surface area contributed by atoms with Crippen LogP contribution in [0.2, 0.25) is 0 Å². The van der Waals surface area contributed by atoms with E-state index in [0.717, 1.165) is 11.5 Å². The Morgan fingerprint density at radius 3 is 2.44 bits per heavy atom. The van der Waals surface area contributed by atoms with Gasteiger partial charge in [-0.3, -0.25) is 0 Å². The van der Waals surface area contributed by atoms with E-state index in [-0.39, 0.29) is 5.41 Å². The molecule has 0 radical (unpaired) electrons. The molecule has 1 atom stereocenters. The van der Waals surface area contributed by atoms with Gasteiger partial charge in [0, 0.05) is 0 Å². The zero-order valence-corrected chi connectivity index (χ0v) is 11.4. The Morgan fingerprint density at radius 1 is 1.00 bits per heavy atom. The molecule has 0 spiro atoms. The van der Waals surface area contributed by atoms with Crippen molar-refractivity contribution in [3.63, 3.8) is 0 Å². The van der Waals surface area contributed by atoms with Gasteiger partial charge in [-0.05, 0) is 55.8 Å². The average Bonchev–Trinajstić information content (AvgIpc) is 2.86. The molecule has 18 heavy (non-hydrogen) atoms. The maximum atomic E-state index is 5.85. The molecule has 0 aliphatic heterocycles. The quantitative estimate of drug-likeness (QED) is 0.744. The van der Waals surface area contributed by atoms with Crippen molar-refractivity contribution < 1.29 is 4.42 Å². The first kappa shape index (κ1) is 11.3. The van der Waals surface area contributed by atoms with Gasteiger partial charge in [-0.2, -0.15) is 0 Å². The molecule has 1 heterocycles. The highest BCUT2D eigenvalue weighted by Gasteiger charge is 2.32. The number of fused-ring (bicyclic) bond motifs is 1. The Balaban J connectivity index is 2.29. The van der Waals surface area contributed by atoms with E-state index in [1.807, 2.05) is 13.0 Å². The Hall–Kier alpha value is -1.76. The fourth-order valence-electron chi connectivity index (χ4n) is 2.79. The Morgan fingerprint density at radius 2 is 1.78 bits per heavy atom. The van der Waals surface area contributed by atoms with Crippen molar-refractivity contribution in [2.24, 2.45) is 0 Å². The largest absolute Gasteiger partial charge is 0.465 e. The monoisotopic (exact) mass is 238 g/mol. The molecule has 0 amide bonds. The maximum Gasteiger partial charge on any atom is 0.117 e. The van der Waals surface area contributed by atoms with Gasteiger partial charge in [-0.25, -0.2) is 0 Å². The second-order valence-electron chi connectivity index (χ2n) is 5.47. The summed E-state index contributed by atoms with van der Waals surface area (Å²) in [5.41, 5.74) is 2.57. The third kappa shape index (κ3) is 1.47. The van der Waals surface area contributed by atoms with Crippen LogP contribution in [0.1, 0.15) is 30.9 Å². The molecule has 1 aromatic carbocycles. The van der Waals surface area contributed by atoms with E-state index in [1.165, 1.54) is 21.6 Å². The Bertz CT molecular complexity index is 733. The molecule has 0 bridgehead atoms. The number of hydrogen-bond donors (Lipinski definition) is 0. The fraction of sp³-hybridized carbons (Fsp3) is 0.294. The fourth-order valence-corrected chi connectivity index (χ4v) is 2.79. The molecule has 1 aliphatic rings. The topological polar surface area (TPSA) is 13.1 Å². The summed E-state index contributed by atoms with van der Waals surface area (Å²) in [7, 11) is 0. The second-order valence-corrected chi connectivity index (χ2v) is 5.47. The van der Waals surface area contributed by atoms with E-state index in [2.05, 4.69) is 51.1 Å². The molecule has 1 unspecified atom stereocenters. The van der Waals surface area contributed by atoms with Crippen molar-refractivity contribution >= 4 is 11.6 Å². The summed E-state index contributed by atoms with van der Waals surface area (Å²) >= 11 is 0. The van der Waals surface area contributed by atoms with E-state index in [9.17, 15) is 0 Å². The van der Waals surface area contributed by atoms with Crippen LogP contribution in [0.5, 0.6) is 0 Å². The van der Waals surface area contributed by atoms with Crippen molar-refractivity contribution in [3.8, 4) is 0 Å². The minimum atomic E-state index is -0.107. The number of rotatable bonds is 1. The lowest BCUT2D eigenvalue weighted by molar-refractivity contribution is 0.454. The Kier molecular flexibility index (Phi) is 2.28. The highest BCUT2D eigenvalue weighted by Crippen LogP contribution is 2.36. The average molecular weight is 238 g/mol. The number of aryl methyl sites for hydroxylation is 2. The van der Waals surface area contributed by atoms with E-state index < -0.39 is 0 Å². The van der Waals surface area contributed by atoms with Crippen molar-refractivity contribution in [2.75, 3.05) is 0 Å². The van der Waals surface area contributed by atoms with E-state index >= 15 is 0 Å². The third-order valence-corrected chi connectivity index (χ3v) is 4.09. The van der Waals surface area contributed by atoms with E-state index in [1.54, 1.807) is 0 Å². The predicted molar refractivity (Wildman–Crippen MR) is 74.8 cm³/mol. The summed E-state index contributed by atoms with van der Waals surface area (Å²) in [5, 5.41) is 2.67. The molecule has 1 aromatic heterocycles. The number of benzene rings is 1. The van der Waals surface area contributed by atoms with Crippen LogP contribution in [-0.2, 0) is 5.41 Å². The van der Waals surface area contributed by atoms with E-state index in [4.69, 9.17) is 4.42 Å². The van der Waals surface area contributed by atoms with Crippen LogP contribution in [0.15, 0.2) is 34.7 Å². The van der Waals surface area contributed by atoms with Gasteiger partial charge in [0.1, 0.15) is 11.5 Å². The number of hydrogen-bond acceptors (Lipinski definition) is 1. The smallest absolute Gasteiger partial charge is 0.117 e. The highest BCUT2D eigenvalue weighted by molar-refractivity contribution is 5.73. The molecular formula is C17H18O. The first-order valence-electron chi connectivity index (χ1n) is 6.38. The Labute approximate surface area is 107 Å². The normalized spacial score (nSPS) is 21.9. The second kappa shape index (κ2) is 3.61. The van der Waals surface area contributed by atoms with Gasteiger partial charge in [-0.1, -0.05) is 29.8 Å². The summed E-state index contributed by atoms with van der Waals surface area (Å²) in [6.45, 7) is 8.57. The summed E-state index contributed by atoms with van der Waals surface area (Å²) in [5.74, 6) is 2.01. The molecule has 1 heteroatoms. The maximum absolute atomic E-state index is 5.85. The van der Waals surface area contributed by atoms with Crippen molar-refractivity contribution in [1.29, 1.82) is 0 Å². The lowest BCUT2D eigenvalue weighted by atomic mass is 9.82. The van der Waals surface area contributed by atoms with Crippen LogP contribution < -0.4 is 10.4 Å². The molecule has 3 rings (SSSR count). The molecule has 1 nitrogen and oxygen atoms in total. The third-order valence-electron chi connectivity index (χ3n) is 4.09. The van der Waals surface area contributed by atoms with Crippen LogP contribution in [0.4, 0.5) is 0 Å². The molecule has 0 saturated heterocycles. The van der Waals surface area contributed by atoms with Crippen LogP contribution in [0.3, 0.4) is 0 Å². The lowest BCUT2D eigenvalue weighted by Crippen LogP contribution is -2.23. The van der Waals surface area contributed by atoms with Gasteiger partial charge < -0.3 is 4.42 Å². The first-order valence-corrected chi connectivity index (χ1v) is 6.38. The van der Waals surface area contributed by atoms with Gasteiger partial charge in [0.15, 0.2) is 0 Å². The first-order chi connectivity index (χ1) is 8.50. The van der Waals surface area contributed by atoms with Crippen LogP contribution in [0.25, 0.3) is 11.6 Å². The van der Waals surface area contributed by atoms with Gasteiger partial charge >= 0.3 is 0 Å². The van der Waals surface area contributed by atoms with Gasteiger partial charge in [0.05, 0.1) is 5.41 Å². The SMILES string of the molecule is CC1=c2cc(C)ccc2=CC1(C)c1ccc(C)o1. The minimum absolute atomic E-state index is 0.107. The summed E-state index contributed by atoms with van der Waals surface area (Å²) in [4.78, 5) is 0. The van der Waals surface area contributed by atoms with Crippen LogP contribution in [0, 0.1) is 13.8 Å². The van der Waals surface area contributed by atoms with Gasteiger partial charge in [0.2, 0.25) is 0 Å². The summed E-state index contributed by atoms with van der Waals surface area (Å²) in [6.07, 6.45) is 2.31. The van der Waals surface area contributed by atoms with E-state index in [0.29, 0.717) is 0 Å². The predicted octanol–water partition coefficient (Wildman–Crippen LogP) is 2.82. The lowest BCUT2D eigenvalue weighted by Gasteiger charge is -2.21. The van der Waals surface area contributed by atoms with Crippen molar-refractivity contribution in [2.45, 2.75) is 33.1 Å². The number of furan rings is 1. The molecule has 92 valence electrons. The summed E-state index contributed by atoms with van der Waals surface area (Å²) < 4.78 is 5.85. The molecule has 0 fully saturated rings. The highest BCUT2D eigenvalue weighted by atomic mass is 16.3. The van der Waals surface area contributed by atoms with Crippen molar-refractivity contribution in [3.05, 3.63) is 57.9 Å². The van der Waals surface area contributed by atoms with Crippen LogP contribution in [-0.4, -0.2) is 0 Å². The standard InChI is InChI=1S/C17H18O/c1-11-5-7-14-10-17(4,13(3)15(14)9-11)16-8-6-12(2)18-16/h5-10H,1-4H3. The molecule has 0 saturated carbocycles. The zero-order valence-electron chi connectivity index (χ0n) is 11.4. The molecule has 1 aliphatic carbocycles. The van der Waals surface area contributed by atoms with Gasteiger partial charge in [0.25, 0.3) is 0 Å². The molecular weight excluding hydrogens is 220 g/mol. The summed E-state index contributed by atoms with van der Waals surface area (Å²) in [6, 6.07) is 10.8. The minimum Gasteiger partial charge on any atom is -0.465 e. The molecule has 2 aromatic rings. The molecule has 0 N–H and O–H groups in total.